The first kappa shape index (κ1) is 52.4. The first-order valence-electron chi connectivity index (χ1n) is 22.2. The molecule has 0 amide bonds. The summed E-state index contributed by atoms with van der Waals surface area (Å²) in [5.74, 6) is -1.98. The largest absolute Gasteiger partial charge is 0.462 e. The molecular weight excluding hydrogens is 741 g/mol. The average Bonchev–Trinajstić information content (AvgIpc) is 3.16. The van der Waals surface area contributed by atoms with Gasteiger partial charge in [0, 0.05) is 12.8 Å². The molecule has 0 aromatic rings. The summed E-state index contributed by atoms with van der Waals surface area (Å²) in [5.41, 5.74) is 0. The number of carbonyl (C=O) groups is 2. The zero-order valence-corrected chi connectivity index (χ0v) is 35.8. The Labute approximate surface area is 339 Å². The van der Waals surface area contributed by atoms with E-state index < -0.39 is 71.2 Å². The lowest BCUT2D eigenvalue weighted by Gasteiger charge is -2.40. The summed E-state index contributed by atoms with van der Waals surface area (Å²) in [6.07, 6.45) is 25.4. The second kappa shape index (κ2) is 34.3. The molecule has 12 nitrogen and oxygen atoms in total. The number of carbonyl (C=O) groups excluding carboxylic acids is 2. The summed E-state index contributed by atoms with van der Waals surface area (Å²) in [4.78, 5) is 25.3. The Morgan fingerprint density at radius 1 is 0.589 bits per heavy atom. The van der Waals surface area contributed by atoms with Gasteiger partial charge in [0.1, 0.15) is 36.8 Å². The molecule has 6 atom stereocenters. The van der Waals surface area contributed by atoms with Crippen LogP contribution in [0.3, 0.4) is 0 Å². The van der Waals surface area contributed by atoms with Gasteiger partial charge in [0.2, 0.25) is 0 Å². The monoisotopic (exact) mass is 821 g/mol. The number of hydrogen-bond donors (Lipinski definition) is 4. The van der Waals surface area contributed by atoms with E-state index in [0.717, 1.165) is 57.8 Å². The van der Waals surface area contributed by atoms with Crippen LogP contribution in [-0.4, -0.2) is 96.0 Å². The van der Waals surface area contributed by atoms with E-state index in [1.165, 1.54) is 96.3 Å². The van der Waals surface area contributed by atoms with E-state index >= 15 is 0 Å². The molecular formula is C43H80O12S. The van der Waals surface area contributed by atoms with Crippen molar-refractivity contribution in [3.63, 3.8) is 0 Å². The summed E-state index contributed by atoms with van der Waals surface area (Å²) >= 11 is 0. The van der Waals surface area contributed by atoms with Gasteiger partial charge in [-0.25, -0.2) is 0 Å². The van der Waals surface area contributed by atoms with Gasteiger partial charge in [-0.05, 0) is 38.5 Å². The highest BCUT2D eigenvalue weighted by atomic mass is 32.2. The summed E-state index contributed by atoms with van der Waals surface area (Å²) in [6.45, 7) is 3.75. The number of unbranched alkanes of at least 4 members (excludes halogenated alkanes) is 23. The van der Waals surface area contributed by atoms with E-state index in [2.05, 4.69) is 26.0 Å². The Kier molecular flexibility index (Phi) is 32.1. The Morgan fingerprint density at radius 2 is 1.02 bits per heavy atom. The molecule has 1 aliphatic heterocycles. The van der Waals surface area contributed by atoms with E-state index in [-0.39, 0.29) is 19.4 Å². The molecule has 13 heteroatoms. The maximum atomic E-state index is 12.8. The highest BCUT2D eigenvalue weighted by molar-refractivity contribution is 7.85. The van der Waals surface area contributed by atoms with Gasteiger partial charge in [-0.3, -0.25) is 14.1 Å². The van der Waals surface area contributed by atoms with Crippen molar-refractivity contribution in [3.8, 4) is 0 Å². The fourth-order valence-corrected chi connectivity index (χ4v) is 7.54. The van der Waals surface area contributed by atoms with Crippen molar-refractivity contribution in [1.82, 2.24) is 0 Å². The van der Waals surface area contributed by atoms with Crippen LogP contribution in [0.2, 0.25) is 0 Å². The van der Waals surface area contributed by atoms with Gasteiger partial charge in [0.05, 0.1) is 6.61 Å². The van der Waals surface area contributed by atoms with Crippen molar-refractivity contribution in [3.05, 3.63) is 12.2 Å². The molecule has 6 unspecified atom stereocenters. The molecule has 1 aliphatic rings. The van der Waals surface area contributed by atoms with Gasteiger partial charge in [-0.2, -0.15) is 8.42 Å². The Balaban J connectivity index is 2.46. The van der Waals surface area contributed by atoms with Crippen molar-refractivity contribution in [2.24, 2.45) is 0 Å². The second-order valence-electron chi connectivity index (χ2n) is 15.7. The van der Waals surface area contributed by atoms with Gasteiger partial charge in [-0.1, -0.05) is 154 Å². The third-order valence-electron chi connectivity index (χ3n) is 10.3. The van der Waals surface area contributed by atoms with E-state index in [1.54, 1.807) is 0 Å². The Morgan fingerprint density at radius 3 is 1.48 bits per heavy atom. The average molecular weight is 821 g/mol. The van der Waals surface area contributed by atoms with Crippen molar-refractivity contribution in [1.29, 1.82) is 0 Å². The number of aliphatic hydroxyl groups is 3. The molecule has 0 bridgehead atoms. The van der Waals surface area contributed by atoms with Crippen LogP contribution in [0.4, 0.5) is 0 Å². The molecule has 1 fully saturated rings. The van der Waals surface area contributed by atoms with Gasteiger partial charge in [0.25, 0.3) is 10.1 Å². The summed E-state index contributed by atoms with van der Waals surface area (Å²) in [7, 11) is -4.60. The van der Waals surface area contributed by atoms with Crippen LogP contribution < -0.4 is 0 Å². The van der Waals surface area contributed by atoms with Gasteiger partial charge >= 0.3 is 11.9 Å². The number of hydrogen-bond acceptors (Lipinski definition) is 11. The number of ether oxygens (including phenoxy) is 4. The smallest absolute Gasteiger partial charge is 0.306 e. The number of esters is 2. The molecule has 4 N–H and O–H groups in total. The second-order valence-corrected chi connectivity index (χ2v) is 17.2. The summed E-state index contributed by atoms with van der Waals surface area (Å²) in [5, 5.41) is 30.8. The fourth-order valence-electron chi connectivity index (χ4n) is 6.85. The highest BCUT2D eigenvalue weighted by Gasteiger charge is 2.46. The lowest BCUT2D eigenvalue weighted by molar-refractivity contribution is -0.297. The van der Waals surface area contributed by atoms with Crippen molar-refractivity contribution >= 4 is 22.1 Å². The van der Waals surface area contributed by atoms with Crippen LogP contribution >= 0.6 is 0 Å². The number of rotatable bonds is 37. The number of allylic oxidation sites excluding steroid dienone is 2. The van der Waals surface area contributed by atoms with E-state index in [1.807, 2.05) is 0 Å². The first-order chi connectivity index (χ1) is 27.0. The Bertz CT molecular complexity index is 1100. The predicted molar refractivity (Wildman–Crippen MR) is 220 cm³/mol. The van der Waals surface area contributed by atoms with Gasteiger partial charge < -0.3 is 34.3 Å². The predicted octanol–water partition coefficient (Wildman–Crippen LogP) is 8.67. The molecule has 0 aliphatic carbocycles. The summed E-state index contributed by atoms with van der Waals surface area (Å²) < 4.78 is 54.0. The molecule has 0 aromatic heterocycles. The summed E-state index contributed by atoms with van der Waals surface area (Å²) in [6, 6.07) is 0. The van der Waals surface area contributed by atoms with Crippen LogP contribution in [-0.2, 0) is 38.7 Å². The maximum Gasteiger partial charge on any atom is 0.306 e. The highest BCUT2D eigenvalue weighted by Crippen LogP contribution is 2.24. The van der Waals surface area contributed by atoms with Crippen molar-refractivity contribution < 1.29 is 56.8 Å². The molecule has 0 saturated carbocycles. The molecule has 1 saturated heterocycles. The third kappa shape index (κ3) is 28.7. The molecule has 1 rings (SSSR count). The van der Waals surface area contributed by atoms with Crippen LogP contribution in [0.25, 0.3) is 0 Å². The maximum absolute atomic E-state index is 12.8. The SMILES string of the molecule is CCCCCCCC/C=C\CCCCCCCC(=O)OCC(COC1OC(CS(=O)(=O)O)C(O)C(O)C1O)OC(=O)CCCCCCCCCCCCCCC. The first-order valence-corrected chi connectivity index (χ1v) is 23.9. The molecule has 330 valence electrons. The zero-order chi connectivity index (χ0) is 41.3. The lowest BCUT2D eigenvalue weighted by atomic mass is 10.00. The lowest BCUT2D eigenvalue weighted by Crippen LogP contribution is -2.60. The molecule has 56 heavy (non-hydrogen) atoms. The van der Waals surface area contributed by atoms with E-state index in [9.17, 15) is 37.9 Å². The normalized spacial score (nSPS) is 20.7. The zero-order valence-electron chi connectivity index (χ0n) is 35.0. The minimum absolute atomic E-state index is 0.168. The van der Waals surface area contributed by atoms with Crippen molar-refractivity contribution in [2.45, 2.75) is 230 Å². The van der Waals surface area contributed by atoms with Crippen LogP contribution in [0.5, 0.6) is 0 Å². The van der Waals surface area contributed by atoms with Gasteiger partial charge in [-0.15, -0.1) is 0 Å². The van der Waals surface area contributed by atoms with Crippen LogP contribution in [0.1, 0.15) is 194 Å². The molecule has 0 radical (unpaired) electrons. The van der Waals surface area contributed by atoms with E-state index in [0.29, 0.717) is 12.8 Å². The molecule has 0 spiro atoms. The quantitative estimate of drug-likeness (QED) is 0.0203. The van der Waals surface area contributed by atoms with E-state index in [4.69, 9.17) is 18.9 Å². The minimum Gasteiger partial charge on any atom is -0.462 e. The van der Waals surface area contributed by atoms with Gasteiger partial charge in [0.15, 0.2) is 12.4 Å². The topological polar surface area (TPSA) is 186 Å². The molecule has 0 aromatic carbocycles. The standard InChI is InChI=1S/C43H80O12S/c1-3-5-7-9-11-13-15-17-18-20-21-23-25-27-29-31-38(44)52-33-36(34-53-43-42(48)41(47)40(46)37(55-43)35-56(49,50)51)54-39(45)32-30-28-26-24-22-19-16-14-12-10-8-6-4-2/h17-18,36-37,40-43,46-48H,3-16,19-35H2,1-2H3,(H,49,50,51)/b18-17-. The minimum atomic E-state index is -4.60. The van der Waals surface area contributed by atoms with Crippen molar-refractivity contribution in [2.75, 3.05) is 19.0 Å². The van der Waals surface area contributed by atoms with Crippen LogP contribution in [0.15, 0.2) is 12.2 Å². The Hall–Kier alpha value is -1.61. The fraction of sp³-hybridized carbons (Fsp3) is 0.907. The molecule has 1 heterocycles. The number of aliphatic hydroxyl groups excluding tert-OH is 3. The van der Waals surface area contributed by atoms with Crippen LogP contribution in [0, 0.1) is 0 Å². The third-order valence-corrected chi connectivity index (χ3v) is 11.1.